The van der Waals surface area contributed by atoms with E-state index in [-0.39, 0.29) is 29.9 Å². The Hall–Kier alpha value is -2.16. The van der Waals surface area contributed by atoms with Crippen LogP contribution in [0.15, 0.2) is 53.7 Å². The molecule has 1 aliphatic heterocycles. The summed E-state index contributed by atoms with van der Waals surface area (Å²) in [5.41, 5.74) is 3.37. The third kappa shape index (κ3) is 7.64. The van der Waals surface area contributed by atoms with E-state index in [1.54, 1.807) is 0 Å². The molecule has 2 heterocycles. The summed E-state index contributed by atoms with van der Waals surface area (Å²) in [7, 11) is 0. The van der Waals surface area contributed by atoms with Crippen LogP contribution in [0.2, 0.25) is 0 Å². The Kier molecular flexibility index (Phi) is 9.90. The molecule has 156 valence electrons. The van der Waals surface area contributed by atoms with Gasteiger partial charge in [0.05, 0.1) is 6.54 Å². The standard InChI is InChI=1S/C22H29N5O.HI/c1-2-23-22(25-13-11-20-9-3-4-12-24-20)26-16-18-7-5-8-19(15-18)17-27-14-6-10-21(27)28;/h3-5,7-9,12,15H,2,6,10-11,13-14,16-17H2,1H3,(H2,23,25,26);1H. The predicted molar refractivity (Wildman–Crippen MR) is 127 cm³/mol. The van der Waals surface area contributed by atoms with Crippen molar-refractivity contribution in [3.63, 3.8) is 0 Å². The van der Waals surface area contributed by atoms with Gasteiger partial charge in [-0.2, -0.15) is 0 Å². The van der Waals surface area contributed by atoms with Crippen molar-refractivity contribution >= 4 is 35.8 Å². The summed E-state index contributed by atoms with van der Waals surface area (Å²) in [6, 6.07) is 14.3. The van der Waals surface area contributed by atoms with Gasteiger partial charge in [-0.3, -0.25) is 9.78 Å². The summed E-state index contributed by atoms with van der Waals surface area (Å²) in [5.74, 6) is 1.06. The molecule has 0 radical (unpaired) electrons. The molecule has 7 heteroatoms. The number of amides is 1. The smallest absolute Gasteiger partial charge is 0.222 e. The van der Waals surface area contributed by atoms with Gasteiger partial charge in [-0.15, -0.1) is 24.0 Å². The minimum absolute atomic E-state index is 0. The molecule has 1 saturated heterocycles. The van der Waals surface area contributed by atoms with Crippen LogP contribution < -0.4 is 10.6 Å². The van der Waals surface area contributed by atoms with Gasteiger partial charge in [0.1, 0.15) is 0 Å². The minimum atomic E-state index is 0. The molecule has 0 atom stereocenters. The summed E-state index contributed by atoms with van der Waals surface area (Å²) < 4.78 is 0. The Morgan fingerprint density at radius 3 is 2.76 bits per heavy atom. The fourth-order valence-corrected chi connectivity index (χ4v) is 3.29. The molecule has 1 amide bonds. The second kappa shape index (κ2) is 12.4. The Bertz CT molecular complexity index is 797. The minimum Gasteiger partial charge on any atom is -0.357 e. The van der Waals surface area contributed by atoms with E-state index in [0.717, 1.165) is 55.3 Å². The summed E-state index contributed by atoms with van der Waals surface area (Å²) in [4.78, 5) is 22.8. The second-order valence-electron chi connectivity index (χ2n) is 6.93. The molecule has 0 aliphatic carbocycles. The molecule has 1 aliphatic rings. The summed E-state index contributed by atoms with van der Waals surface area (Å²) in [6.07, 6.45) is 4.32. The Morgan fingerprint density at radius 2 is 2.03 bits per heavy atom. The zero-order chi connectivity index (χ0) is 19.6. The van der Waals surface area contributed by atoms with Crippen LogP contribution in [0.3, 0.4) is 0 Å². The number of halogens is 1. The van der Waals surface area contributed by atoms with Crippen molar-refractivity contribution in [1.29, 1.82) is 0 Å². The van der Waals surface area contributed by atoms with Crippen molar-refractivity contribution in [2.75, 3.05) is 19.6 Å². The van der Waals surface area contributed by atoms with Gasteiger partial charge in [-0.05, 0) is 36.6 Å². The summed E-state index contributed by atoms with van der Waals surface area (Å²) in [5, 5.41) is 6.65. The molecule has 29 heavy (non-hydrogen) atoms. The predicted octanol–water partition coefficient (Wildman–Crippen LogP) is 3.12. The molecule has 6 nitrogen and oxygen atoms in total. The van der Waals surface area contributed by atoms with Gasteiger partial charge < -0.3 is 15.5 Å². The van der Waals surface area contributed by atoms with Crippen molar-refractivity contribution in [3.05, 3.63) is 65.5 Å². The van der Waals surface area contributed by atoms with Gasteiger partial charge in [0.2, 0.25) is 5.91 Å². The average Bonchev–Trinajstić information content (AvgIpc) is 3.12. The molecule has 0 spiro atoms. The number of hydrogen-bond acceptors (Lipinski definition) is 3. The van der Waals surface area contributed by atoms with E-state index in [9.17, 15) is 4.79 Å². The molecule has 1 fully saturated rings. The highest BCUT2D eigenvalue weighted by Gasteiger charge is 2.19. The van der Waals surface area contributed by atoms with E-state index >= 15 is 0 Å². The maximum atomic E-state index is 11.8. The van der Waals surface area contributed by atoms with E-state index in [1.165, 1.54) is 0 Å². The monoisotopic (exact) mass is 507 g/mol. The number of rotatable bonds is 8. The van der Waals surface area contributed by atoms with E-state index in [4.69, 9.17) is 4.99 Å². The van der Waals surface area contributed by atoms with Crippen LogP contribution in [0.4, 0.5) is 0 Å². The molecule has 0 unspecified atom stereocenters. The summed E-state index contributed by atoms with van der Waals surface area (Å²) in [6.45, 7) is 5.81. The third-order valence-electron chi connectivity index (χ3n) is 4.70. The quantitative estimate of drug-likeness (QED) is 0.328. The molecular formula is C22H30IN5O. The number of carbonyl (C=O) groups is 1. The topological polar surface area (TPSA) is 69.6 Å². The molecule has 3 rings (SSSR count). The molecule has 0 bridgehead atoms. The number of likely N-dealkylation sites (tertiary alicyclic amines) is 1. The lowest BCUT2D eigenvalue weighted by Gasteiger charge is -2.16. The number of pyridine rings is 1. The lowest BCUT2D eigenvalue weighted by Crippen LogP contribution is -2.38. The first-order chi connectivity index (χ1) is 13.7. The Balaban J connectivity index is 0.00000300. The largest absolute Gasteiger partial charge is 0.357 e. The van der Waals surface area contributed by atoms with E-state index in [0.29, 0.717) is 19.5 Å². The lowest BCUT2D eigenvalue weighted by atomic mass is 10.1. The Morgan fingerprint density at radius 1 is 1.17 bits per heavy atom. The van der Waals surface area contributed by atoms with E-state index in [1.807, 2.05) is 35.4 Å². The van der Waals surface area contributed by atoms with Gasteiger partial charge in [0.25, 0.3) is 0 Å². The van der Waals surface area contributed by atoms with Gasteiger partial charge >= 0.3 is 0 Å². The van der Waals surface area contributed by atoms with Crippen LogP contribution in [0, 0.1) is 0 Å². The zero-order valence-corrected chi connectivity index (χ0v) is 19.3. The maximum Gasteiger partial charge on any atom is 0.222 e. The number of aromatic nitrogens is 1. The third-order valence-corrected chi connectivity index (χ3v) is 4.70. The van der Waals surface area contributed by atoms with Crippen LogP contribution in [0.5, 0.6) is 0 Å². The maximum absolute atomic E-state index is 11.8. The number of aliphatic imine (C=N–C) groups is 1. The average molecular weight is 507 g/mol. The fourth-order valence-electron chi connectivity index (χ4n) is 3.29. The number of benzene rings is 1. The van der Waals surface area contributed by atoms with Crippen molar-refractivity contribution < 1.29 is 4.79 Å². The number of nitrogens with one attached hydrogen (secondary N) is 2. The fraction of sp³-hybridized carbons (Fsp3) is 0.409. The van der Waals surface area contributed by atoms with Gasteiger partial charge in [0, 0.05) is 50.9 Å². The molecule has 2 aromatic rings. The second-order valence-corrected chi connectivity index (χ2v) is 6.93. The van der Waals surface area contributed by atoms with Crippen molar-refractivity contribution in [2.45, 2.75) is 39.3 Å². The van der Waals surface area contributed by atoms with Gasteiger partial charge in [0.15, 0.2) is 5.96 Å². The van der Waals surface area contributed by atoms with Gasteiger partial charge in [-0.25, -0.2) is 4.99 Å². The van der Waals surface area contributed by atoms with Crippen LogP contribution >= 0.6 is 24.0 Å². The van der Waals surface area contributed by atoms with Crippen molar-refractivity contribution in [3.8, 4) is 0 Å². The molecule has 2 N–H and O–H groups in total. The number of hydrogen-bond donors (Lipinski definition) is 2. The first kappa shape index (κ1) is 23.1. The van der Waals surface area contributed by atoms with E-state index in [2.05, 4.69) is 40.7 Å². The highest BCUT2D eigenvalue weighted by Crippen LogP contribution is 2.15. The lowest BCUT2D eigenvalue weighted by molar-refractivity contribution is -0.128. The van der Waals surface area contributed by atoms with Crippen LogP contribution in [0.25, 0.3) is 0 Å². The Labute approximate surface area is 190 Å². The first-order valence-electron chi connectivity index (χ1n) is 10.0. The molecule has 1 aromatic heterocycles. The molecule has 1 aromatic carbocycles. The normalized spacial score (nSPS) is 13.9. The highest BCUT2D eigenvalue weighted by molar-refractivity contribution is 14.0. The molecule has 0 saturated carbocycles. The van der Waals surface area contributed by atoms with Crippen LogP contribution in [0.1, 0.15) is 36.6 Å². The number of nitrogens with zero attached hydrogens (tertiary/aromatic N) is 3. The highest BCUT2D eigenvalue weighted by atomic mass is 127. The SMILES string of the molecule is CCNC(=NCc1cccc(CN2CCCC2=O)c1)NCCc1ccccn1.I. The van der Waals surface area contributed by atoms with Crippen LogP contribution in [-0.2, 0) is 24.3 Å². The van der Waals surface area contributed by atoms with E-state index < -0.39 is 0 Å². The zero-order valence-electron chi connectivity index (χ0n) is 16.9. The first-order valence-corrected chi connectivity index (χ1v) is 10.0. The number of carbonyl (C=O) groups excluding carboxylic acids is 1. The van der Waals surface area contributed by atoms with Crippen molar-refractivity contribution in [1.82, 2.24) is 20.5 Å². The van der Waals surface area contributed by atoms with Crippen molar-refractivity contribution in [2.24, 2.45) is 4.99 Å². The van der Waals surface area contributed by atoms with Gasteiger partial charge in [-0.1, -0.05) is 30.3 Å². The van der Waals surface area contributed by atoms with Crippen LogP contribution in [-0.4, -0.2) is 41.4 Å². The molecular weight excluding hydrogens is 477 g/mol. The summed E-state index contributed by atoms with van der Waals surface area (Å²) >= 11 is 0. The number of guanidine groups is 1.